The van der Waals surface area contributed by atoms with E-state index in [9.17, 15) is 12.8 Å². The summed E-state index contributed by atoms with van der Waals surface area (Å²) in [5, 5.41) is -0.221. The number of benzene rings is 2. The number of rotatable bonds is 4. The van der Waals surface area contributed by atoms with Crippen LogP contribution in [0.15, 0.2) is 47.4 Å². The molecule has 6 heteroatoms. The summed E-state index contributed by atoms with van der Waals surface area (Å²) in [7, 11) is -3.76. The highest BCUT2D eigenvalue weighted by molar-refractivity contribution is 7.89. The quantitative estimate of drug-likeness (QED) is 0.927. The van der Waals surface area contributed by atoms with Crippen molar-refractivity contribution in [3.05, 3.63) is 64.4 Å². The third kappa shape index (κ3) is 3.81. The van der Waals surface area contributed by atoms with E-state index in [1.807, 2.05) is 31.2 Å². The summed E-state index contributed by atoms with van der Waals surface area (Å²) >= 11 is 5.62. The Kier molecular flexibility index (Phi) is 4.66. The van der Waals surface area contributed by atoms with E-state index < -0.39 is 21.9 Å². The van der Waals surface area contributed by atoms with Crippen molar-refractivity contribution in [2.24, 2.45) is 0 Å². The van der Waals surface area contributed by atoms with Crippen molar-refractivity contribution in [2.45, 2.75) is 24.8 Å². The van der Waals surface area contributed by atoms with Crippen LogP contribution in [0, 0.1) is 12.7 Å². The molecule has 1 N–H and O–H groups in total. The molecule has 0 spiro atoms. The summed E-state index contributed by atoms with van der Waals surface area (Å²) in [6.07, 6.45) is 0. The molecule has 2 rings (SSSR count). The van der Waals surface area contributed by atoms with Gasteiger partial charge >= 0.3 is 0 Å². The van der Waals surface area contributed by atoms with Crippen molar-refractivity contribution in [1.82, 2.24) is 4.72 Å². The van der Waals surface area contributed by atoms with Crippen LogP contribution in [0.1, 0.15) is 24.1 Å². The van der Waals surface area contributed by atoms with Gasteiger partial charge in [-0.2, -0.15) is 0 Å². The molecule has 0 saturated heterocycles. The third-order valence-corrected chi connectivity index (χ3v) is 4.94. The van der Waals surface area contributed by atoms with Crippen LogP contribution in [0.5, 0.6) is 0 Å². The van der Waals surface area contributed by atoms with Gasteiger partial charge in [-0.05, 0) is 37.6 Å². The molecule has 0 heterocycles. The highest BCUT2D eigenvalue weighted by Crippen LogP contribution is 2.21. The number of aryl methyl sites for hydroxylation is 1. The standard InChI is InChI=1S/C15H15ClFNO2S/c1-10-3-5-12(6-4-10)11(2)18-21(19,20)13-7-8-15(17)14(16)9-13/h3-9,11,18H,1-2H3. The maximum atomic E-state index is 13.1. The van der Waals surface area contributed by atoms with Crippen LogP contribution in [0.4, 0.5) is 4.39 Å². The van der Waals surface area contributed by atoms with E-state index in [1.165, 1.54) is 6.07 Å². The summed E-state index contributed by atoms with van der Waals surface area (Å²) in [5.41, 5.74) is 1.94. The molecule has 0 amide bonds. The van der Waals surface area contributed by atoms with Gasteiger partial charge in [0.1, 0.15) is 5.82 Å². The fraction of sp³-hybridized carbons (Fsp3) is 0.200. The zero-order valence-corrected chi connectivity index (χ0v) is 13.2. The highest BCUT2D eigenvalue weighted by Gasteiger charge is 2.19. The minimum atomic E-state index is -3.76. The van der Waals surface area contributed by atoms with Gasteiger partial charge < -0.3 is 0 Å². The summed E-state index contributed by atoms with van der Waals surface area (Å²) < 4.78 is 40.2. The molecule has 0 radical (unpaired) electrons. The fourth-order valence-corrected chi connectivity index (χ4v) is 3.37. The van der Waals surface area contributed by atoms with Crippen LogP contribution >= 0.6 is 11.6 Å². The van der Waals surface area contributed by atoms with Crippen molar-refractivity contribution >= 4 is 21.6 Å². The van der Waals surface area contributed by atoms with Crippen LogP contribution in [0.3, 0.4) is 0 Å². The van der Waals surface area contributed by atoms with Crippen LogP contribution in [-0.4, -0.2) is 8.42 Å². The molecule has 3 nitrogen and oxygen atoms in total. The Labute approximate surface area is 128 Å². The van der Waals surface area contributed by atoms with E-state index in [2.05, 4.69) is 4.72 Å². The number of nitrogens with one attached hydrogen (secondary N) is 1. The average molecular weight is 328 g/mol. The molecule has 0 aliphatic carbocycles. The lowest BCUT2D eigenvalue weighted by Gasteiger charge is -2.15. The van der Waals surface area contributed by atoms with Gasteiger partial charge in [-0.3, -0.25) is 0 Å². The second kappa shape index (κ2) is 6.13. The van der Waals surface area contributed by atoms with E-state index >= 15 is 0 Å². The number of sulfonamides is 1. The highest BCUT2D eigenvalue weighted by atomic mass is 35.5. The van der Waals surface area contributed by atoms with Crippen LogP contribution in [0.2, 0.25) is 5.02 Å². The van der Waals surface area contributed by atoms with E-state index in [1.54, 1.807) is 6.92 Å². The van der Waals surface area contributed by atoms with E-state index in [4.69, 9.17) is 11.6 Å². The SMILES string of the molecule is Cc1ccc(C(C)NS(=O)(=O)c2ccc(F)c(Cl)c2)cc1. The molecular weight excluding hydrogens is 313 g/mol. The normalized spacial score (nSPS) is 13.1. The fourth-order valence-electron chi connectivity index (χ4n) is 1.87. The van der Waals surface area contributed by atoms with Gasteiger partial charge in [0.05, 0.1) is 9.92 Å². The largest absolute Gasteiger partial charge is 0.241 e. The maximum Gasteiger partial charge on any atom is 0.241 e. The molecule has 0 saturated carbocycles. The molecule has 1 atom stereocenters. The van der Waals surface area contributed by atoms with Gasteiger partial charge in [0.2, 0.25) is 10.0 Å². The van der Waals surface area contributed by atoms with Gasteiger partial charge in [0, 0.05) is 6.04 Å². The molecule has 0 aliphatic rings. The number of hydrogen-bond acceptors (Lipinski definition) is 2. The molecule has 2 aromatic rings. The number of halogens is 2. The first kappa shape index (κ1) is 15.9. The Morgan fingerprint density at radius 3 is 2.33 bits per heavy atom. The predicted octanol–water partition coefficient (Wildman–Crippen LogP) is 3.83. The predicted molar refractivity (Wildman–Crippen MR) is 81.3 cm³/mol. The van der Waals surface area contributed by atoms with Gasteiger partial charge in [-0.1, -0.05) is 41.4 Å². The Morgan fingerprint density at radius 1 is 1.14 bits per heavy atom. The Hall–Kier alpha value is -1.43. The molecule has 112 valence electrons. The Bertz CT molecular complexity index is 745. The van der Waals surface area contributed by atoms with Crippen LogP contribution < -0.4 is 4.72 Å². The van der Waals surface area contributed by atoms with E-state index in [-0.39, 0.29) is 9.92 Å². The topological polar surface area (TPSA) is 46.2 Å². The molecule has 0 aliphatic heterocycles. The van der Waals surface area contributed by atoms with Crippen molar-refractivity contribution < 1.29 is 12.8 Å². The smallest absolute Gasteiger partial charge is 0.207 e. The Balaban J connectivity index is 2.24. The van der Waals surface area contributed by atoms with Crippen molar-refractivity contribution in [1.29, 1.82) is 0 Å². The summed E-state index contributed by atoms with van der Waals surface area (Å²) in [6.45, 7) is 3.70. The first-order valence-corrected chi connectivity index (χ1v) is 8.19. The average Bonchev–Trinajstić information content (AvgIpc) is 2.42. The molecular formula is C15H15ClFNO2S. The minimum absolute atomic E-state index is 0.0622. The van der Waals surface area contributed by atoms with Crippen molar-refractivity contribution in [3.63, 3.8) is 0 Å². The van der Waals surface area contributed by atoms with E-state index in [0.717, 1.165) is 23.3 Å². The van der Waals surface area contributed by atoms with Gasteiger partial charge in [-0.25, -0.2) is 17.5 Å². The summed E-state index contributed by atoms with van der Waals surface area (Å²) in [5.74, 6) is -0.651. The van der Waals surface area contributed by atoms with Crippen molar-refractivity contribution in [3.8, 4) is 0 Å². The van der Waals surface area contributed by atoms with Gasteiger partial charge in [0.25, 0.3) is 0 Å². The second-order valence-corrected chi connectivity index (χ2v) is 6.95. The molecule has 2 aromatic carbocycles. The molecule has 21 heavy (non-hydrogen) atoms. The lowest BCUT2D eigenvalue weighted by atomic mass is 10.1. The van der Waals surface area contributed by atoms with Crippen molar-refractivity contribution in [2.75, 3.05) is 0 Å². The first-order valence-electron chi connectivity index (χ1n) is 6.33. The molecule has 0 bridgehead atoms. The Morgan fingerprint density at radius 2 is 1.76 bits per heavy atom. The van der Waals surface area contributed by atoms with Crippen LogP contribution in [-0.2, 0) is 10.0 Å². The van der Waals surface area contributed by atoms with Crippen LogP contribution in [0.25, 0.3) is 0 Å². The zero-order valence-electron chi connectivity index (χ0n) is 11.6. The van der Waals surface area contributed by atoms with E-state index in [0.29, 0.717) is 0 Å². The first-order chi connectivity index (χ1) is 9.79. The number of hydrogen-bond donors (Lipinski definition) is 1. The molecule has 0 fully saturated rings. The minimum Gasteiger partial charge on any atom is -0.207 e. The summed E-state index contributed by atoms with van der Waals surface area (Å²) in [4.78, 5) is -0.0622. The zero-order chi connectivity index (χ0) is 15.6. The summed E-state index contributed by atoms with van der Waals surface area (Å²) in [6, 6.07) is 10.5. The third-order valence-electron chi connectivity index (χ3n) is 3.11. The monoisotopic (exact) mass is 327 g/mol. The lowest BCUT2D eigenvalue weighted by molar-refractivity contribution is 0.566. The van der Waals surface area contributed by atoms with Gasteiger partial charge in [0.15, 0.2) is 0 Å². The second-order valence-electron chi connectivity index (χ2n) is 4.83. The van der Waals surface area contributed by atoms with Gasteiger partial charge in [-0.15, -0.1) is 0 Å². The lowest BCUT2D eigenvalue weighted by Crippen LogP contribution is -2.26. The maximum absolute atomic E-state index is 13.1. The molecule has 1 unspecified atom stereocenters. The molecule has 0 aromatic heterocycles.